The molecule has 0 unspecified atom stereocenters. The highest BCUT2D eigenvalue weighted by Crippen LogP contribution is 2.28. The fourth-order valence-electron chi connectivity index (χ4n) is 2.58. The lowest BCUT2D eigenvalue weighted by atomic mass is 10.2. The number of ether oxygens (including phenoxy) is 1. The molecule has 2 aromatic heterocycles. The fraction of sp³-hybridized carbons (Fsp3) is 0.0588. The van der Waals surface area contributed by atoms with Crippen molar-refractivity contribution in [1.82, 2.24) is 15.0 Å². The predicted molar refractivity (Wildman–Crippen MR) is 85.5 cm³/mol. The Morgan fingerprint density at radius 1 is 1.00 bits per heavy atom. The van der Waals surface area contributed by atoms with Gasteiger partial charge in [0.25, 0.3) is 0 Å². The van der Waals surface area contributed by atoms with E-state index in [1.165, 1.54) is 0 Å². The van der Waals surface area contributed by atoms with E-state index in [9.17, 15) is 4.79 Å². The molecule has 0 aliphatic heterocycles. The zero-order valence-corrected chi connectivity index (χ0v) is 11.9. The molecule has 2 aromatic carbocycles. The lowest BCUT2D eigenvalue weighted by Gasteiger charge is -2.07. The molecule has 5 nitrogen and oxygen atoms in total. The highest BCUT2D eigenvalue weighted by molar-refractivity contribution is 5.84. The molecule has 0 aliphatic carbocycles. The summed E-state index contributed by atoms with van der Waals surface area (Å²) in [5.41, 5.74) is 2.36. The molecule has 2 heterocycles. The summed E-state index contributed by atoms with van der Waals surface area (Å²) in [5.74, 6) is 0.944. The molecule has 4 rings (SSSR count). The molecule has 0 spiro atoms. The van der Waals surface area contributed by atoms with Crippen LogP contribution in [0.1, 0.15) is 5.69 Å². The second-order valence-electron chi connectivity index (χ2n) is 5.20. The van der Waals surface area contributed by atoms with Crippen LogP contribution in [0, 0.1) is 6.92 Å². The first-order chi connectivity index (χ1) is 10.7. The minimum atomic E-state index is -0.425. The molecule has 0 fully saturated rings. The summed E-state index contributed by atoms with van der Waals surface area (Å²) in [6.07, 6.45) is 0. The number of aromatic amines is 2. The summed E-state index contributed by atoms with van der Waals surface area (Å²) in [6, 6.07) is 15.2. The molecule has 108 valence electrons. The highest BCUT2D eigenvalue weighted by Gasteiger charge is 2.08. The summed E-state index contributed by atoms with van der Waals surface area (Å²) < 4.78 is 5.84. The third-order valence-corrected chi connectivity index (χ3v) is 3.55. The predicted octanol–water partition coefficient (Wildman–Crippen LogP) is 3.51. The SMILES string of the molecule is Cc1cc2ccc(Oc3nc(=O)[nH]c4ccccc34)cc2[nH]1. The molecule has 0 bridgehead atoms. The number of benzene rings is 2. The van der Waals surface area contributed by atoms with Crippen LogP contribution in [-0.2, 0) is 0 Å². The molecule has 0 aliphatic rings. The second kappa shape index (κ2) is 4.73. The zero-order valence-electron chi connectivity index (χ0n) is 11.9. The van der Waals surface area contributed by atoms with Crippen molar-refractivity contribution in [1.29, 1.82) is 0 Å². The Balaban J connectivity index is 1.83. The van der Waals surface area contributed by atoms with E-state index in [0.29, 0.717) is 17.1 Å². The standard InChI is InChI=1S/C17H13N3O2/c1-10-8-11-6-7-12(9-15(11)18-10)22-16-13-4-2-3-5-14(13)19-17(21)20-16/h2-9,18H,1H3,(H,19,20,21). The number of para-hydroxylation sites is 1. The molecule has 0 amide bonds. The lowest BCUT2D eigenvalue weighted by molar-refractivity contribution is 0.467. The molecule has 0 saturated heterocycles. The van der Waals surface area contributed by atoms with Crippen LogP contribution in [0.25, 0.3) is 21.8 Å². The Labute approximate surface area is 125 Å². The van der Waals surface area contributed by atoms with Crippen molar-refractivity contribution in [3.63, 3.8) is 0 Å². The Hall–Kier alpha value is -3.08. The van der Waals surface area contributed by atoms with Gasteiger partial charge in [0.1, 0.15) is 5.75 Å². The number of aromatic nitrogens is 3. The molecule has 0 atom stereocenters. The summed E-state index contributed by atoms with van der Waals surface area (Å²) >= 11 is 0. The smallest absolute Gasteiger partial charge is 0.348 e. The van der Waals surface area contributed by atoms with Crippen molar-refractivity contribution in [3.05, 3.63) is 64.7 Å². The normalized spacial score (nSPS) is 11.1. The van der Waals surface area contributed by atoms with Gasteiger partial charge in [0.05, 0.1) is 10.9 Å². The summed E-state index contributed by atoms with van der Waals surface area (Å²) in [7, 11) is 0. The van der Waals surface area contributed by atoms with Crippen LogP contribution in [-0.4, -0.2) is 15.0 Å². The fourth-order valence-corrected chi connectivity index (χ4v) is 2.58. The molecule has 22 heavy (non-hydrogen) atoms. The van der Waals surface area contributed by atoms with Crippen LogP contribution in [0.15, 0.2) is 53.3 Å². The lowest BCUT2D eigenvalue weighted by Crippen LogP contribution is -2.11. The van der Waals surface area contributed by atoms with Crippen LogP contribution >= 0.6 is 0 Å². The number of aryl methyl sites for hydroxylation is 1. The maximum absolute atomic E-state index is 11.7. The first kappa shape index (κ1) is 12.6. The largest absolute Gasteiger partial charge is 0.438 e. The van der Waals surface area contributed by atoms with Gasteiger partial charge in [-0.3, -0.25) is 0 Å². The van der Waals surface area contributed by atoms with Crippen molar-refractivity contribution >= 4 is 21.8 Å². The Morgan fingerprint density at radius 2 is 1.86 bits per heavy atom. The van der Waals surface area contributed by atoms with Gasteiger partial charge < -0.3 is 14.7 Å². The van der Waals surface area contributed by atoms with Gasteiger partial charge in [-0.05, 0) is 42.6 Å². The van der Waals surface area contributed by atoms with E-state index < -0.39 is 5.69 Å². The van der Waals surface area contributed by atoms with Crippen molar-refractivity contribution in [3.8, 4) is 11.6 Å². The minimum absolute atomic E-state index is 0.307. The van der Waals surface area contributed by atoms with E-state index in [0.717, 1.165) is 22.0 Å². The monoisotopic (exact) mass is 291 g/mol. The third-order valence-electron chi connectivity index (χ3n) is 3.55. The molecular weight excluding hydrogens is 278 g/mol. The topological polar surface area (TPSA) is 70.8 Å². The van der Waals surface area contributed by atoms with Crippen LogP contribution < -0.4 is 10.4 Å². The average molecular weight is 291 g/mol. The third kappa shape index (κ3) is 2.13. The molecule has 4 aromatic rings. The molecule has 2 N–H and O–H groups in total. The minimum Gasteiger partial charge on any atom is -0.438 e. The average Bonchev–Trinajstić information content (AvgIpc) is 2.86. The van der Waals surface area contributed by atoms with Crippen LogP contribution in [0.2, 0.25) is 0 Å². The molecule has 0 radical (unpaired) electrons. The second-order valence-corrected chi connectivity index (χ2v) is 5.20. The highest BCUT2D eigenvalue weighted by atomic mass is 16.5. The van der Waals surface area contributed by atoms with Crippen molar-refractivity contribution in [2.24, 2.45) is 0 Å². The van der Waals surface area contributed by atoms with E-state index in [2.05, 4.69) is 21.0 Å². The summed E-state index contributed by atoms with van der Waals surface area (Å²) in [6.45, 7) is 2.01. The number of nitrogens with one attached hydrogen (secondary N) is 2. The van der Waals surface area contributed by atoms with E-state index in [1.807, 2.05) is 49.4 Å². The van der Waals surface area contributed by atoms with Gasteiger partial charge in [0.2, 0.25) is 5.88 Å². The van der Waals surface area contributed by atoms with Crippen molar-refractivity contribution < 1.29 is 4.74 Å². The first-order valence-corrected chi connectivity index (χ1v) is 6.95. The van der Waals surface area contributed by atoms with E-state index >= 15 is 0 Å². The number of hydrogen-bond acceptors (Lipinski definition) is 3. The Bertz CT molecular complexity index is 1050. The van der Waals surface area contributed by atoms with E-state index in [1.54, 1.807) is 0 Å². The molecular formula is C17H13N3O2. The van der Waals surface area contributed by atoms with E-state index in [-0.39, 0.29) is 0 Å². The maximum Gasteiger partial charge on any atom is 0.348 e. The summed E-state index contributed by atoms with van der Waals surface area (Å²) in [4.78, 5) is 21.6. The number of fused-ring (bicyclic) bond motifs is 2. The number of rotatable bonds is 2. The summed E-state index contributed by atoms with van der Waals surface area (Å²) in [5, 5.41) is 1.89. The first-order valence-electron chi connectivity index (χ1n) is 6.95. The van der Waals surface area contributed by atoms with E-state index in [4.69, 9.17) is 4.74 Å². The molecule has 0 saturated carbocycles. The van der Waals surface area contributed by atoms with Gasteiger partial charge in [0, 0.05) is 17.3 Å². The van der Waals surface area contributed by atoms with Gasteiger partial charge >= 0.3 is 5.69 Å². The molecule has 5 heteroatoms. The van der Waals surface area contributed by atoms with Gasteiger partial charge in [-0.1, -0.05) is 12.1 Å². The number of hydrogen-bond donors (Lipinski definition) is 2. The van der Waals surface area contributed by atoms with Gasteiger partial charge in [-0.2, -0.15) is 4.98 Å². The quantitative estimate of drug-likeness (QED) is 0.593. The Morgan fingerprint density at radius 3 is 2.77 bits per heavy atom. The van der Waals surface area contributed by atoms with Gasteiger partial charge in [0.15, 0.2) is 0 Å². The van der Waals surface area contributed by atoms with Crippen LogP contribution in [0.4, 0.5) is 0 Å². The van der Waals surface area contributed by atoms with Gasteiger partial charge in [-0.25, -0.2) is 4.79 Å². The van der Waals surface area contributed by atoms with Crippen molar-refractivity contribution in [2.75, 3.05) is 0 Å². The maximum atomic E-state index is 11.7. The van der Waals surface area contributed by atoms with Crippen molar-refractivity contribution in [2.45, 2.75) is 6.92 Å². The van der Waals surface area contributed by atoms with Crippen LogP contribution in [0.3, 0.4) is 0 Å². The van der Waals surface area contributed by atoms with Gasteiger partial charge in [-0.15, -0.1) is 0 Å². The van der Waals surface area contributed by atoms with Crippen LogP contribution in [0.5, 0.6) is 11.6 Å². The Kier molecular flexibility index (Phi) is 2.72. The number of nitrogens with zero attached hydrogens (tertiary/aromatic N) is 1. The zero-order chi connectivity index (χ0) is 15.1. The number of H-pyrrole nitrogens is 2.